The molecule has 3 nitrogen and oxygen atoms in total. The number of amides is 1. The van der Waals surface area contributed by atoms with E-state index in [0.717, 1.165) is 12.8 Å². The van der Waals surface area contributed by atoms with Gasteiger partial charge in [0.05, 0.1) is 6.54 Å². The summed E-state index contributed by atoms with van der Waals surface area (Å²) in [6.45, 7) is 7.35. The molecular formula is C16H26N2O. The molecule has 0 saturated carbocycles. The third kappa shape index (κ3) is 6.97. The number of rotatable bonds is 8. The van der Waals surface area contributed by atoms with Crippen LogP contribution in [-0.2, 0) is 17.6 Å². The largest absolute Gasteiger partial charge is 0.355 e. The van der Waals surface area contributed by atoms with Gasteiger partial charge in [0, 0.05) is 12.6 Å². The van der Waals surface area contributed by atoms with Crippen LogP contribution in [0.25, 0.3) is 0 Å². The summed E-state index contributed by atoms with van der Waals surface area (Å²) in [5, 5.41) is 6.03. The molecular weight excluding hydrogens is 236 g/mol. The lowest BCUT2D eigenvalue weighted by Gasteiger charge is -2.09. The van der Waals surface area contributed by atoms with Crippen molar-refractivity contribution >= 4 is 5.91 Å². The maximum Gasteiger partial charge on any atom is 0.233 e. The molecule has 0 spiro atoms. The first kappa shape index (κ1) is 15.7. The first-order valence-electron chi connectivity index (χ1n) is 7.19. The van der Waals surface area contributed by atoms with Crippen molar-refractivity contribution in [2.75, 3.05) is 13.1 Å². The Hall–Kier alpha value is -1.35. The molecule has 0 bridgehead atoms. The van der Waals surface area contributed by atoms with Gasteiger partial charge in [0.2, 0.25) is 5.91 Å². The second-order valence-corrected chi connectivity index (χ2v) is 5.20. The summed E-state index contributed by atoms with van der Waals surface area (Å²) >= 11 is 0. The highest BCUT2D eigenvalue weighted by molar-refractivity contribution is 5.77. The van der Waals surface area contributed by atoms with Gasteiger partial charge in [-0.05, 0) is 24.0 Å². The van der Waals surface area contributed by atoms with Gasteiger partial charge in [0.1, 0.15) is 0 Å². The number of hydrogen-bond donors (Lipinski definition) is 2. The van der Waals surface area contributed by atoms with Crippen molar-refractivity contribution < 1.29 is 4.79 Å². The van der Waals surface area contributed by atoms with Crippen molar-refractivity contribution in [3.05, 3.63) is 35.4 Å². The van der Waals surface area contributed by atoms with E-state index in [1.54, 1.807) is 0 Å². The number of benzene rings is 1. The van der Waals surface area contributed by atoms with Crippen LogP contribution in [-0.4, -0.2) is 25.0 Å². The number of nitrogens with one attached hydrogen (secondary N) is 2. The van der Waals surface area contributed by atoms with E-state index in [-0.39, 0.29) is 5.91 Å². The van der Waals surface area contributed by atoms with E-state index in [1.807, 2.05) is 13.8 Å². The third-order valence-corrected chi connectivity index (χ3v) is 2.97. The topological polar surface area (TPSA) is 41.1 Å². The molecule has 0 saturated heterocycles. The smallest absolute Gasteiger partial charge is 0.233 e. The van der Waals surface area contributed by atoms with Crippen LogP contribution in [0.5, 0.6) is 0 Å². The van der Waals surface area contributed by atoms with Gasteiger partial charge in [-0.2, -0.15) is 0 Å². The van der Waals surface area contributed by atoms with Gasteiger partial charge in [-0.1, -0.05) is 51.5 Å². The zero-order valence-corrected chi connectivity index (χ0v) is 12.3. The lowest BCUT2D eigenvalue weighted by molar-refractivity contribution is -0.120. The molecule has 3 heteroatoms. The fraction of sp³-hybridized carbons (Fsp3) is 0.562. The molecule has 1 aromatic carbocycles. The normalized spacial score (nSPS) is 10.7. The van der Waals surface area contributed by atoms with Crippen LogP contribution in [0.15, 0.2) is 24.3 Å². The SMILES string of the molecule is CCCc1ccc(CCNC(=O)CNC(C)C)cc1. The van der Waals surface area contributed by atoms with Crippen LogP contribution in [0.3, 0.4) is 0 Å². The van der Waals surface area contributed by atoms with Crippen molar-refractivity contribution in [2.24, 2.45) is 0 Å². The summed E-state index contributed by atoms with van der Waals surface area (Å²) in [5.41, 5.74) is 2.66. The predicted octanol–water partition coefficient (Wildman–Crippen LogP) is 2.30. The van der Waals surface area contributed by atoms with Gasteiger partial charge in [-0.3, -0.25) is 4.79 Å². The second kappa shape index (κ2) is 8.70. The molecule has 0 atom stereocenters. The molecule has 2 N–H and O–H groups in total. The molecule has 1 rings (SSSR count). The maximum absolute atomic E-state index is 11.5. The molecule has 0 aliphatic heterocycles. The minimum atomic E-state index is 0.0660. The number of hydrogen-bond acceptors (Lipinski definition) is 2. The molecule has 0 fully saturated rings. The molecule has 0 radical (unpaired) electrons. The van der Waals surface area contributed by atoms with Crippen LogP contribution >= 0.6 is 0 Å². The highest BCUT2D eigenvalue weighted by Gasteiger charge is 2.01. The molecule has 1 amide bonds. The van der Waals surface area contributed by atoms with Gasteiger partial charge in [-0.15, -0.1) is 0 Å². The standard InChI is InChI=1S/C16H26N2O/c1-4-5-14-6-8-15(9-7-14)10-11-17-16(19)12-18-13(2)3/h6-9,13,18H,4-5,10-12H2,1-3H3,(H,17,19). The van der Waals surface area contributed by atoms with Gasteiger partial charge < -0.3 is 10.6 Å². The third-order valence-electron chi connectivity index (χ3n) is 2.97. The number of carbonyl (C=O) groups is 1. The molecule has 0 unspecified atom stereocenters. The second-order valence-electron chi connectivity index (χ2n) is 5.20. The summed E-state index contributed by atoms with van der Waals surface area (Å²) in [6, 6.07) is 9.02. The van der Waals surface area contributed by atoms with Gasteiger partial charge in [0.15, 0.2) is 0 Å². The number of aryl methyl sites for hydroxylation is 1. The fourth-order valence-corrected chi connectivity index (χ4v) is 1.87. The first-order chi connectivity index (χ1) is 9.11. The fourth-order valence-electron chi connectivity index (χ4n) is 1.87. The quantitative estimate of drug-likeness (QED) is 0.755. The van der Waals surface area contributed by atoms with Crippen LogP contribution < -0.4 is 10.6 Å². The zero-order valence-electron chi connectivity index (χ0n) is 12.3. The van der Waals surface area contributed by atoms with Crippen molar-refractivity contribution in [1.82, 2.24) is 10.6 Å². The van der Waals surface area contributed by atoms with E-state index in [0.29, 0.717) is 19.1 Å². The monoisotopic (exact) mass is 262 g/mol. The summed E-state index contributed by atoms with van der Waals surface area (Å²) < 4.78 is 0. The summed E-state index contributed by atoms with van der Waals surface area (Å²) in [6.07, 6.45) is 3.20. The average Bonchev–Trinajstić information content (AvgIpc) is 2.39. The van der Waals surface area contributed by atoms with E-state index in [1.165, 1.54) is 17.5 Å². The molecule has 106 valence electrons. The minimum Gasteiger partial charge on any atom is -0.355 e. The van der Waals surface area contributed by atoms with E-state index in [2.05, 4.69) is 41.8 Å². The van der Waals surface area contributed by atoms with Crippen molar-refractivity contribution in [3.8, 4) is 0 Å². The Bertz CT molecular complexity index is 371. The van der Waals surface area contributed by atoms with Gasteiger partial charge in [0.25, 0.3) is 0 Å². The first-order valence-corrected chi connectivity index (χ1v) is 7.19. The minimum absolute atomic E-state index is 0.0660. The lowest BCUT2D eigenvalue weighted by atomic mass is 10.1. The molecule has 0 aliphatic rings. The summed E-state index contributed by atoms with van der Waals surface area (Å²) in [7, 11) is 0. The van der Waals surface area contributed by atoms with E-state index in [9.17, 15) is 4.79 Å². The molecule has 0 aromatic heterocycles. The Morgan fingerprint density at radius 2 is 1.68 bits per heavy atom. The Morgan fingerprint density at radius 3 is 2.21 bits per heavy atom. The zero-order chi connectivity index (χ0) is 14.1. The molecule has 0 aliphatic carbocycles. The van der Waals surface area contributed by atoms with E-state index < -0.39 is 0 Å². The Morgan fingerprint density at radius 1 is 1.11 bits per heavy atom. The van der Waals surface area contributed by atoms with E-state index >= 15 is 0 Å². The number of carbonyl (C=O) groups excluding carboxylic acids is 1. The Labute approximate surface area is 116 Å². The molecule has 1 aromatic rings. The van der Waals surface area contributed by atoms with Crippen molar-refractivity contribution in [1.29, 1.82) is 0 Å². The van der Waals surface area contributed by atoms with Crippen LogP contribution in [0, 0.1) is 0 Å². The van der Waals surface area contributed by atoms with Crippen molar-refractivity contribution in [2.45, 2.75) is 46.1 Å². The van der Waals surface area contributed by atoms with Gasteiger partial charge >= 0.3 is 0 Å². The van der Waals surface area contributed by atoms with Crippen LogP contribution in [0.2, 0.25) is 0 Å². The molecule has 0 heterocycles. The Kier molecular flexibility index (Phi) is 7.19. The highest BCUT2D eigenvalue weighted by atomic mass is 16.1. The summed E-state index contributed by atoms with van der Waals surface area (Å²) in [5.74, 6) is 0.0660. The average molecular weight is 262 g/mol. The maximum atomic E-state index is 11.5. The van der Waals surface area contributed by atoms with Crippen LogP contribution in [0.1, 0.15) is 38.3 Å². The predicted molar refractivity (Wildman–Crippen MR) is 80.3 cm³/mol. The summed E-state index contributed by atoms with van der Waals surface area (Å²) in [4.78, 5) is 11.5. The Balaban J connectivity index is 2.23. The van der Waals surface area contributed by atoms with E-state index in [4.69, 9.17) is 0 Å². The van der Waals surface area contributed by atoms with Crippen LogP contribution in [0.4, 0.5) is 0 Å². The molecule has 19 heavy (non-hydrogen) atoms. The van der Waals surface area contributed by atoms with Gasteiger partial charge in [-0.25, -0.2) is 0 Å². The van der Waals surface area contributed by atoms with Crippen molar-refractivity contribution in [3.63, 3.8) is 0 Å². The lowest BCUT2D eigenvalue weighted by Crippen LogP contribution is -2.37. The highest BCUT2D eigenvalue weighted by Crippen LogP contribution is 2.06.